The Bertz CT molecular complexity index is 466. The van der Waals surface area contributed by atoms with E-state index in [1.165, 1.54) is 0 Å². The van der Waals surface area contributed by atoms with Crippen LogP contribution in [0.2, 0.25) is 5.02 Å². The van der Waals surface area contributed by atoms with Crippen molar-refractivity contribution in [1.29, 1.82) is 0 Å². The van der Waals surface area contributed by atoms with Crippen molar-refractivity contribution >= 4 is 11.6 Å². The topological polar surface area (TPSA) is 43.8 Å². The maximum atomic E-state index is 12.7. The van der Waals surface area contributed by atoms with Gasteiger partial charge in [-0.3, -0.25) is 0 Å². The van der Waals surface area contributed by atoms with Crippen LogP contribution >= 0.6 is 11.6 Å². The van der Waals surface area contributed by atoms with E-state index in [0.29, 0.717) is 12.8 Å². The number of nitrogens with two attached hydrogens (primary N) is 1. The molecule has 0 aromatic carbocycles. The van der Waals surface area contributed by atoms with Crippen molar-refractivity contribution in [2.75, 3.05) is 0 Å². The Kier molecular flexibility index (Phi) is 3.74. The van der Waals surface area contributed by atoms with E-state index in [0.717, 1.165) is 4.68 Å². The van der Waals surface area contributed by atoms with E-state index in [1.54, 1.807) is 0 Å². The fourth-order valence-electron chi connectivity index (χ4n) is 1.87. The van der Waals surface area contributed by atoms with Crippen LogP contribution in [0.15, 0.2) is 0 Å². The Morgan fingerprint density at radius 1 is 1.37 bits per heavy atom. The molecule has 0 spiro atoms. The lowest BCUT2D eigenvalue weighted by Crippen LogP contribution is -2.24. The molecule has 0 amide bonds. The Hall–Kier alpha value is -0.890. The second-order valence-electron chi connectivity index (χ2n) is 4.46. The van der Waals surface area contributed by atoms with Gasteiger partial charge in [-0.05, 0) is 12.8 Å². The van der Waals surface area contributed by atoms with Crippen LogP contribution in [0.1, 0.15) is 42.7 Å². The lowest BCUT2D eigenvalue weighted by atomic mass is 10.2. The van der Waals surface area contributed by atoms with Crippen LogP contribution in [0.3, 0.4) is 0 Å². The molecule has 19 heavy (non-hydrogen) atoms. The number of hydrogen-bond donors (Lipinski definition) is 1. The molecule has 108 valence electrons. The number of rotatable bonds is 4. The molecule has 2 N–H and O–H groups in total. The maximum absolute atomic E-state index is 12.7. The summed E-state index contributed by atoms with van der Waals surface area (Å²) in [6.07, 6.45) is -8.22. The van der Waals surface area contributed by atoms with Gasteiger partial charge in [-0.15, -0.1) is 0 Å². The minimum Gasteiger partial charge on any atom is -0.310 e. The van der Waals surface area contributed by atoms with E-state index in [1.807, 2.05) is 0 Å². The summed E-state index contributed by atoms with van der Waals surface area (Å²) in [6.45, 7) is 0. The lowest BCUT2D eigenvalue weighted by Gasteiger charge is -2.15. The minimum atomic E-state index is -4.73. The fraction of sp³-hybridized carbons (Fsp3) is 0.700. The molecule has 1 saturated carbocycles. The summed E-state index contributed by atoms with van der Waals surface area (Å²) in [5.41, 5.74) is 4.33. The molecule has 1 fully saturated rings. The summed E-state index contributed by atoms with van der Waals surface area (Å²) in [5.74, 6) is -0.181. The number of halogens is 6. The third kappa shape index (κ3) is 3.00. The van der Waals surface area contributed by atoms with Gasteiger partial charge >= 0.3 is 6.18 Å². The number of nitrogens with zero attached hydrogens (tertiary/aromatic N) is 2. The van der Waals surface area contributed by atoms with E-state index in [9.17, 15) is 22.0 Å². The van der Waals surface area contributed by atoms with Gasteiger partial charge in [0.15, 0.2) is 5.69 Å². The highest BCUT2D eigenvalue weighted by atomic mass is 35.5. The molecule has 1 aliphatic rings. The van der Waals surface area contributed by atoms with Gasteiger partial charge in [-0.25, -0.2) is 13.5 Å². The Morgan fingerprint density at radius 3 is 2.37 bits per heavy atom. The summed E-state index contributed by atoms with van der Waals surface area (Å²) in [6, 6.07) is 0. The first-order valence-corrected chi connectivity index (χ1v) is 5.98. The van der Waals surface area contributed by atoms with E-state index in [4.69, 9.17) is 17.3 Å². The van der Waals surface area contributed by atoms with Gasteiger partial charge in [0.05, 0.1) is 10.7 Å². The third-order valence-corrected chi connectivity index (χ3v) is 3.23. The largest absolute Gasteiger partial charge is 0.436 e. The molecule has 1 heterocycles. The summed E-state index contributed by atoms with van der Waals surface area (Å²) < 4.78 is 63.5. The van der Waals surface area contributed by atoms with Crippen molar-refractivity contribution < 1.29 is 22.0 Å². The Balaban J connectivity index is 2.41. The molecule has 3 nitrogen and oxygen atoms in total. The molecule has 1 aromatic rings. The van der Waals surface area contributed by atoms with Gasteiger partial charge in [0.25, 0.3) is 0 Å². The van der Waals surface area contributed by atoms with E-state index < -0.39 is 35.9 Å². The molecule has 1 aliphatic carbocycles. The highest BCUT2D eigenvalue weighted by molar-refractivity contribution is 6.32. The molecule has 0 aliphatic heterocycles. The first-order chi connectivity index (χ1) is 8.71. The molecular weight excluding hydrogens is 293 g/mol. The maximum Gasteiger partial charge on any atom is 0.436 e. The highest BCUT2D eigenvalue weighted by Gasteiger charge is 2.42. The van der Waals surface area contributed by atoms with Crippen molar-refractivity contribution in [1.82, 2.24) is 9.78 Å². The van der Waals surface area contributed by atoms with Gasteiger partial charge in [-0.2, -0.15) is 18.3 Å². The van der Waals surface area contributed by atoms with Crippen molar-refractivity contribution in [3.05, 3.63) is 16.4 Å². The SMILES string of the molecule is NC(CC(F)F)n1nc(C(F)(F)F)c(Cl)c1C1CC1. The quantitative estimate of drug-likeness (QED) is 0.865. The molecule has 0 radical (unpaired) electrons. The van der Waals surface area contributed by atoms with Crippen molar-refractivity contribution in [3.8, 4) is 0 Å². The normalized spacial score (nSPS) is 18.1. The molecule has 1 unspecified atom stereocenters. The molecule has 1 aromatic heterocycles. The average Bonchev–Trinajstić information content (AvgIpc) is 2.99. The molecule has 0 bridgehead atoms. The molecule has 2 rings (SSSR count). The third-order valence-electron chi connectivity index (χ3n) is 2.85. The smallest absolute Gasteiger partial charge is 0.310 e. The number of alkyl halides is 5. The van der Waals surface area contributed by atoms with E-state index in [2.05, 4.69) is 5.10 Å². The Labute approximate surface area is 110 Å². The predicted octanol–water partition coefficient (Wildman–Crippen LogP) is 3.55. The summed E-state index contributed by atoms with van der Waals surface area (Å²) in [4.78, 5) is 0. The monoisotopic (exact) mass is 303 g/mol. The summed E-state index contributed by atoms with van der Waals surface area (Å²) in [7, 11) is 0. The molecule has 1 atom stereocenters. The van der Waals surface area contributed by atoms with Crippen LogP contribution in [-0.4, -0.2) is 16.2 Å². The summed E-state index contributed by atoms with van der Waals surface area (Å²) in [5, 5.41) is 2.77. The molecular formula is C10H11ClF5N3. The van der Waals surface area contributed by atoms with Crippen LogP contribution in [0.5, 0.6) is 0 Å². The summed E-state index contributed by atoms with van der Waals surface area (Å²) >= 11 is 5.68. The number of aromatic nitrogens is 2. The van der Waals surface area contributed by atoms with Crippen LogP contribution in [-0.2, 0) is 6.18 Å². The van der Waals surface area contributed by atoms with Gasteiger partial charge in [-0.1, -0.05) is 11.6 Å². The highest BCUT2D eigenvalue weighted by Crippen LogP contribution is 2.47. The standard InChI is InChI=1S/C10H11ClF5N3/c11-7-8(4-1-2-4)19(6(17)3-5(12)13)18-9(7)10(14,15)16/h4-6H,1-3,17H2. The zero-order valence-corrected chi connectivity index (χ0v) is 10.3. The predicted molar refractivity (Wildman–Crippen MR) is 58.1 cm³/mol. The lowest BCUT2D eigenvalue weighted by molar-refractivity contribution is -0.141. The van der Waals surface area contributed by atoms with Crippen molar-refractivity contribution in [2.24, 2.45) is 5.73 Å². The van der Waals surface area contributed by atoms with Crippen LogP contribution < -0.4 is 5.73 Å². The zero-order chi connectivity index (χ0) is 14.4. The Morgan fingerprint density at radius 2 is 1.95 bits per heavy atom. The second-order valence-corrected chi connectivity index (χ2v) is 4.84. The number of hydrogen-bond acceptors (Lipinski definition) is 2. The van der Waals surface area contributed by atoms with Crippen LogP contribution in [0.25, 0.3) is 0 Å². The van der Waals surface area contributed by atoms with Gasteiger partial charge in [0, 0.05) is 12.3 Å². The van der Waals surface area contributed by atoms with E-state index >= 15 is 0 Å². The zero-order valence-electron chi connectivity index (χ0n) is 9.59. The second kappa shape index (κ2) is 4.90. The van der Waals surface area contributed by atoms with Crippen LogP contribution in [0.4, 0.5) is 22.0 Å². The fourth-order valence-corrected chi connectivity index (χ4v) is 2.25. The van der Waals surface area contributed by atoms with Gasteiger partial charge < -0.3 is 5.73 Å². The van der Waals surface area contributed by atoms with Crippen LogP contribution in [0, 0.1) is 0 Å². The van der Waals surface area contributed by atoms with Crippen molar-refractivity contribution in [2.45, 2.75) is 43.9 Å². The first kappa shape index (κ1) is 14.5. The molecule has 9 heteroatoms. The van der Waals surface area contributed by atoms with Gasteiger partial charge in [0.1, 0.15) is 6.17 Å². The first-order valence-electron chi connectivity index (χ1n) is 5.60. The van der Waals surface area contributed by atoms with E-state index in [-0.39, 0.29) is 11.6 Å². The minimum absolute atomic E-state index is 0.113. The average molecular weight is 304 g/mol. The van der Waals surface area contributed by atoms with Gasteiger partial charge in [0.2, 0.25) is 6.43 Å². The van der Waals surface area contributed by atoms with Crippen molar-refractivity contribution in [3.63, 3.8) is 0 Å². The molecule has 0 saturated heterocycles.